The lowest BCUT2D eigenvalue weighted by atomic mass is 9.95. The van der Waals surface area contributed by atoms with E-state index in [1.807, 2.05) is 0 Å². The molecule has 0 amide bonds. The van der Waals surface area contributed by atoms with Crippen molar-refractivity contribution in [2.24, 2.45) is 0 Å². The highest BCUT2D eigenvalue weighted by molar-refractivity contribution is 6.38. The Hall–Kier alpha value is -14.9. The molecule has 110 heavy (non-hydrogen) atoms. The van der Waals surface area contributed by atoms with Crippen LogP contribution in [0, 0.1) is 0 Å². The van der Waals surface area contributed by atoms with Gasteiger partial charge in [-0.1, -0.05) is 249 Å². The first kappa shape index (κ1) is 58.4. The van der Waals surface area contributed by atoms with Gasteiger partial charge < -0.3 is 8.80 Å². The van der Waals surface area contributed by atoms with Crippen LogP contribution in [0.4, 0.5) is 0 Å². The molecule has 18 aromatic carbocycles. The van der Waals surface area contributed by atoms with E-state index in [4.69, 9.17) is 19.9 Å². The van der Waals surface area contributed by atoms with Gasteiger partial charge in [0.25, 0.3) is 0 Å². The smallest absolute Gasteiger partial charge is 0.235 e. The summed E-state index contributed by atoms with van der Waals surface area (Å²) in [6.07, 6.45) is 0. The maximum atomic E-state index is 5.83. The summed E-state index contributed by atoms with van der Waals surface area (Å²) in [4.78, 5) is 22.9. The van der Waals surface area contributed by atoms with Gasteiger partial charge in [0.15, 0.2) is 0 Å². The molecule has 0 N–H and O–H groups in total. The van der Waals surface area contributed by atoms with Crippen molar-refractivity contribution >= 4 is 195 Å². The largest absolute Gasteiger partial charge is 0.308 e. The van der Waals surface area contributed by atoms with Crippen molar-refractivity contribution in [2.45, 2.75) is 0 Å². The summed E-state index contributed by atoms with van der Waals surface area (Å²) in [5.74, 6) is 1.26. The molecule has 0 atom stereocenters. The molecule has 0 aliphatic rings. The Morgan fingerprint density at radius 2 is 0.545 bits per heavy atom. The number of hydrogen-bond donors (Lipinski definition) is 0. The van der Waals surface area contributed by atoms with E-state index in [9.17, 15) is 0 Å². The standard InChI is InChI=1S/C102H56N8/c1-2-18-57(19-3-1)58-34-38-62(39-35-58)95-77-46-44-60-20-6-8-24-71(60)97(77)105-101(103-95)109-85-32-16-12-28-75(85)92-89(109)56-80-74-27-11-15-31-84(74)108-88-54-70-49-66(41-42-67(70)52-82(88)94(92)100(80)108)65-40-36-59-37-43-68(50-69(59)48-65)96-78-47-45-61-21-7-9-25-72(61)98(78)106-102(104-96)110-86-33-17-13-29-76(86)91-90(110)55-79-73-26-10-14-30-83(73)107-87-53-64-23-5-4-22-63(64)51-81(87)93(91)99(79)107/h1-56H. The average molecular weight is 1390 g/mol. The highest BCUT2D eigenvalue weighted by atomic mass is 15.2. The molecular formula is C102H56N8. The number of aromatic nitrogens is 8. The summed E-state index contributed by atoms with van der Waals surface area (Å²) >= 11 is 0. The molecule has 8 nitrogen and oxygen atoms in total. The first-order valence-electron chi connectivity index (χ1n) is 37.7. The van der Waals surface area contributed by atoms with Crippen LogP contribution in [0.5, 0.6) is 0 Å². The van der Waals surface area contributed by atoms with Gasteiger partial charge in [0.05, 0.1) is 77.6 Å². The van der Waals surface area contributed by atoms with E-state index in [2.05, 4.69) is 358 Å². The quantitative estimate of drug-likeness (QED) is 0.156. The van der Waals surface area contributed by atoms with Gasteiger partial charge in [-0.25, -0.2) is 19.9 Å². The molecule has 0 saturated heterocycles. The highest BCUT2D eigenvalue weighted by Crippen LogP contribution is 2.51. The number of fused-ring (bicyclic) bond motifs is 29. The Morgan fingerprint density at radius 3 is 1.09 bits per heavy atom. The van der Waals surface area contributed by atoms with E-state index in [1.165, 1.54) is 114 Å². The maximum Gasteiger partial charge on any atom is 0.235 e. The zero-order valence-corrected chi connectivity index (χ0v) is 58.9. The molecule has 8 aromatic heterocycles. The lowest BCUT2D eigenvalue weighted by Gasteiger charge is -2.14. The van der Waals surface area contributed by atoms with E-state index in [0.29, 0.717) is 11.9 Å². The molecule has 0 aliphatic heterocycles. The van der Waals surface area contributed by atoms with Gasteiger partial charge in [-0.2, -0.15) is 0 Å². The molecule has 0 unspecified atom stereocenters. The topological polar surface area (TPSA) is 70.2 Å². The minimum atomic E-state index is 0.631. The molecule has 0 bridgehead atoms. The van der Waals surface area contributed by atoms with Gasteiger partial charge in [-0.3, -0.25) is 9.13 Å². The number of nitrogens with zero attached hydrogens (tertiary/aromatic N) is 8. The fraction of sp³-hybridized carbons (Fsp3) is 0. The molecule has 8 heterocycles. The summed E-state index contributed by atoms with van der Waals surface area (Å²) in [7, 11) is 0. The zero-order valence-electron chi connectivity index (χ0n) is 58.9. The predicted molar refractivity (Wildman–Crippen MR) is 460 cm³/mol. The Bertz CT molecular complexity index is 8590. The van der Waals surface area contributed by atoms with Crippen molar-refractivity contribution in [2.75, 3.05) is 0 Å². The Kier molecular flexibility index (Phi) is 11.4. The molecular weight excluding hydrogens is 1340 g/mol. The second-order valence-electron chi connectivity index (χ2n) is 30.0. The second-order valence-corrected chi connectivity index (χ2v) is 30.0. The average Bonchev–Trinajstić information content (AvgIpc) is 1.52. The van der Waals surface area contributed by atoms with E-state index in [0.717, 1.165) is 126 Å². The van der Waals surface area contributed by atoms with Gasteiger partial charge >= 0.3 is 0 Å². The minimum absolute atomic E-state index is 0.631. The molecule has 26 rings (SSSR count). The van der Waals surface area contributed by atoms with Crippen LogP contribution in [0.15, 0.2) is 340 Å². The van der Waals surface area contributed by atoms with Crippen LogP contribution in [0.25, 0.3) is 252 Å². The molecule has 0 aliphatic carbocycles. The Labute approximate surface area is 625 Å². The summed E-state index contributed by atoms with van der Waals surface area (Å²) in [6, 6.07) is 125. The SMILES string of the molecule is c1ccc(-c2ccc(-c3nc(-n4c5ccccc5c5c6c7cc8ccc(-c9ccc%10ccc(-c%11nc(-n%12c%13ccccc%13c%13c%14c%15cc%16ccccc%16cc%15n%15c%16ccccc%16c(cc%13%12)c%14%15)nc%12c%11ccc%11ccccc%11%12)cc%10c9)cc8cc7n7c8ccccc8c(cc54)c67)nc4c3ccc3ccccc34)cc2)cc1. The molecule has 0 spiro atoms. The van der Waals surface area contributed by atoms with Crippen LogP contribution in [-0.4, -0.2) is 37.9 Å². The monoisotopic (exact) mass is 1390 g/mol. The summed E-state index contributed by atoms with van der Waals surface area (Å²) < 4.78 is 9.71. The van der Waals surface area contributed by atoms with Crippen molar-refractivity contribution in [3.8, 4) is 56.7 Å². The third kappa shape index (κ3) is 7.86. The third-order valence-electron chi connectivity index (χ3n) is 24.3. The number of hydrogen-bond acceptors (Lipinski definition) is 4. The molecule has 8 heteroatoms. The van der Waals surface area contributed by atoms with E-state index in [1.54, 1.807) is 0 Å². The zero-order chi connectivity index (χ0) is 71.3. The minimum Gasteiger partial charge on any atom is -0.308 e. The van der Waals surface area contributed by atoms with Crippen LogP contribution in [-0.2, 0) is 0 Å². The van der Waals surface area contributed by atoms with Crippen LogP contribution in [0.3, 0.4) is 0 Å². The Balaban J connectivity index is 0.646. The van der Waals surface area contributed by atoms with Gasteiger partial charge in [0, 0.05) is 97.3 Å². The molecule has 26 aromatic rings. The number of benzene rings is 18. The third-order valence-corrected chi connectivity index (χ3v) is 24.3. The fourth-order valence-corrected chi connectivity index (χ4v) is 19.4. The molecule has 0 radical (unpaired) electrons. The van der Waals surface area contributed by atoms with Gasteiger partial charge in [-0.15, -0.1) is 0 Å². The van der Waals surface area contributed by atoms with Crippen LogP contribution < -0.4 is 0 Å². The maximum absolute atomic E-state index is 5.83. The van der Waals surface area contributed by atoms with Crippen molar-refractivity contribution in [1.82, 2.24) is 37.9 Å². The van der Waals surface area contributed by atoms with Crippen molar-refractivity contribution in [3.05, 3.63) is 340 Å². The van der Waals surface area contributed by atoms with E-state index < -0.39 is 0 Å². The van der Waals surface area contributed by atoms with Crippen molar-refractivity contribution in [1.29, 1.82) is 0 Å². The van der Waals surface area contributed by atoms with Crippen LogP contribution >= 0.6 is 0 Å². The van der Waals surface area contributed by atoms with E-state index in [-0.39, 0.29) is 0 Å². The number of rotatable bonds is 6. The molecule has 0 fully saturated rings. The summed E-state index contributed by atoms with van der Waals surface area (Å²) in [5.41, 5.74) is 21.8. The lowest BCUT2D eigenvalue weighted by molar-refractivity contribution is 1.02. The summed E-state index contributed by atoms with van der Waals surface area (Å²) in [6.45, 7) is 0. The van der Waals surface area contributed by atoms with E-state index >= 15 is 0 Å². The number of para-hydroxylation sites is 4. The molecule has 0 saturated carbocycles. The van der Waals surface area contributed by atoms with Crippen molar-refractivity contribution < 1.29 is 0 Å². The van der Waals surface area contributed by atoms with Crippen LogP contribution in [0.2, 0.25) is 0 Å². The fourth-order valence-electron chi connectivity index (χ4n) is 19.4. The highest BCUT2D eigenvalue weighted by Gasteiger charge is 2.29. The first-order chi connectivity index (χ1) is 54.5. The normalized spacial score (nSPS) is 12.5. The lowest BCUT2D eigenvalue weighted by Crippen LogP contribution is -2.04. The van der Waals surface area contributed by atoms with Gasteiger partial charge in [0.1, 0.15) is 0 Å². The van der Waals surface area contributed by atoms with Crippen LogP contribution in [0.1, 0.15) is 0 Å². The predicted octanol–water partition coefficient (Wildman–Crippen LogP) is 26.5. The van der Waals surface area contributed by atoms with Gasteiger partial charge in [-0.05, 0) is 156 Å². The van der Waals surface area contributed by atoms with Crippen molar-refractivity contribution in [3.63, 3.8) is 0 Å². The molecule has 504 valence electrons. The Morgan fingerprint density at radius 1 is 0.173 bits per heavy atom. The second kappa shape index (κ2) is 21.4. The van der Waals surface area contributed by atoms with Gasteiger partial charge in [0.2, 0.25) is 11.9 Å². The summed E-state index contributed by atoms with van der Waals surface area (Å²) in [5, 5.41) is 28.0. The first-order valence-corrected chi connectivity index (χ1v) is 37.7.